The van der Waals surface area contributed by atoms with Gasteiger partial charge >= 0.3 is 0 Å². The van der Waals surface area contributed by atoms with Crippen LogP contribution in [0.2, 0.25) is 0 Å². The van der Waals surface area contributed by atoms with E-state index < -0.39 is 17.4 Å². The molecular formula is C27H26F3N3O2. The van der Waals surface area contributed by atoms with Crippen LogP contribution in [0.1, 0.15) is 32.8 Å². The van der Waals surface area contributed by atoms with Crippen LogP contribution >= 0.6 is 0 Å². The molecule has 1 amide bonds. The molecule has 0 saturated carbocycles. The van der Waals surface area contributed by atoms with Crippen molar-refractivity contribution < 1.29 is 22.8 Å². The van der Waals surface area contributed by atoms with Crippen molar-refractivity contribution in [3.63, 3.8) is 0 Å². The molecule has 0 unspecified atom stereocenters. The fraction of sp³-hybridized carbons (Fsp3) is 0.185. The van der Waals surface area contributed by atoms with E-state index in [-0.39, 0.29) is 23.5 Å². The second-order valence-corrected chi connectivity index (χ2v) is 8.05. The van der Waals surface area contributed by atoms with E-state index in [9.17, 15) is 22.8 Å². The molecule has 0 aliphatic carbocycles. The lowest BCUT2D eigenvalue weighted by molar-refractivity contribution is 0.0783. The minimum absolute atomic E-state index is 0.0665. The molecule has 3 rings (SSSR count). The van der Waals surface area contributed by atoms with Crippen LogP contribution < -0.4 is 0 Å². The predicted molar refractivity (Wildman–Crippen MR) is 131 cm³/mol. The molecule has 1 aromatic heterocycles. The highest BCUT2D eigenvalue weighted by Crippen LogP contribution is 2.23. The number of hydrogen-bond acceptors (Lipinski definition) is 3. The summed E-state index contributed by atoms with van der Waals surface area (Å²) in [6.45, 7) is 5.54. The highest BCUT2D eigenvalue weighted by Gasteiger charge is 2.25. The third kappa shape index (κ3) is 6.72. The fourth-order valence-electron chi connectivity index (χ4n) is 3.64. The SMILES string of the molecule is C=C(C/C=C1/C=CC=CCN1C)CN1CC=Cc2c(C(=O)/C=C(F)/C=C(F)\C=C\F)c[nH]c2C1=O. The van der Waals surface area contributed by atoms with Crippen molar-refractivity contribution in [3.8, 4) is 0 Å². The van der Waals surface area contributed by atoms with Gasteiger partial charge < -0.3 is 14.8 Å². The Morgan fingerprint density at radius 2 is 1.94 bits per heavy atom. The Bertz CT molecular complexity index is 1210. The number of fused-ring (bicyclic) bond motifs is 1. The van der Waals surface area contributed by atoms with Gasteiger partial charge in [0.15, 0.2) is 5.78 Å². The maximum atomic E-state index is 13.9. The maximum absolute atomic E-state index is 13.9. The zero-order chi connectivity index (χ0) is 25.4. The number of allylic oxidation sites excluding steroid dienone is 9. The summed E-state index contributed by atoms with van der Waals surface area (Å²) in [6, 6.07) is 0. The van der Waals surface area contributed by atoms with Gasteiger partial charge in [-0.25, -0.2) is 13.2 Å². The van der Waals surface area contributed by atoms with Crippen LogP contribution in [-0.2, 0) is 0 Å². The van der Waals surface area contributed by atoms with Crippen molar-refractivity contribution in [3.05, 3.63) is 114 Å². The summed E-state index contributed by atoms with van der Waals surface area (Å²) in [5.41, 5.74) is 2.48. The first-order valence-electron chi connectivity index (χ1n) is 10.9. The molecule has 8 heteroatoms. The topological polar surface area (TPSA) is 56.4 Å². The van der Waals surface area contributed by atoms with Crippen molar-refractivity contribution in [1.29, 1.82) is 0 Å². The van der Waals surface area contributed by atoms with E-state index in [0.717, 1.165) is 17.8 Å². The van der Waals surface area contributed by atoms with E-state index in [1.165, 1.54) is 6.20 Å². The number of aromatic amines is 1. The van der Waals surface area contributed by atoms with Crippen LogP contribution in [0, 0.1) is 0 Å². The second kappa shape index (κ2) is 11.9. The fourth-order valence-corrected chi connectivity index (χ4v) is 3.64. The van der Waals surface area contributed by atoms with E-state index in [4.69, 9.17) is 0 Å². The van der Waals surface area contributed by atoms with Gasteiger partial charge in [-0.2, -0.15) is 0 Å². The molecule has 0 bridgehead atoms. The van der Waals surface area contributed by atoms with E-state index in [1.807, 2.05) is 25.3 Å². The number of carbonyl (C=O) groups excluding carboxylic acids is 2. The number of aromatic nitrogens is 1. The Labute approximate surface area is 202 Å². The lowest BCUT2D eigenvalue weighted by Crippen LogP contribution is -2.32. The smallest absolute Gasteiger partial charge is 0.271 e. The summed E-state index contributed by atoms with van der Waals surface area (Å²) < 4.78 is 39.1. The Balaban J connectivity index is 1.71. The molecule has 2 aliphatic heterocycles. The van der Waals surface area contributed by atoms with Crippen molar-refractivity contribution in [1.82, 2.24) is 14.8 Å². The summed E-state index contributed by atoms with van der Waals surface area (Å²) in [4.78, 5) is 32.1. The number of amides is 1. The third-order valence-electron chi connectivity index (χ3n) is 5.41. The van der Waals surface area contributed by atoms with Crippen LogP contribution in [0.5, 0.6) is 0 Å². The number of likely N-dealkylation sites (N-methyl/N-ethyl adjacent to an activating group) is 1. The second-order valence-electron chi connectivity index (χ2n) is 8.05. The minimum atomic E-state index is -1.18. The van der Waals surface area contributed by atoms with Gasteiger partial charge in [0.1, 0.15) is 17.3 Å². The summed E-state index contributed by atoms with van der Waals surface area (Å²) in [6.07, 6.45) is 16.7. The van der Waals surface area contributed by atoms with Gasteiger partial charge in [-0.3, -0.25) is 9.59 Å². The van der Waals surface area contributed by atoms with Gasteiger partial charge in [0, 0.05) is 67.9 Å². The largest absolute Gasteiger partial charge is 0.371 e. The molecule has 0 atom stereocenters. The molecule has 0 saturated heterocycles. The van der Waals surface area contributed by atoms with E-state index in [1.54, 1.807) is 17.1 Å². The van der Waals surface area contributed by atoms with Gasteiger partial charge in [0.05, 0.1) is 6.33 Å². The van der Waals surface area contributed by atoms with E-state index in [0.29, 0.717) is 43.3 Å². The molecule has 35 heavy (non-hydrogen) atoms. The Morgan fingerprint density at radius 1 is 1.14 bits per heavy atom. The predicted octanol–water partition coefficient (Wildman–Crippen LogP) is 5.74. The first-order valence-corrected chi connectivity index (χ1v) is 10.9. The molecule has 0 aromatic carbocycles. The number of nitrogens with one attached hydrogen (secondary N) is 1. The van der Waals surface area contributed by atoms with Crippen LogP contribution in [0.15, 0.2) is 96.7 Å². The molecule has 3 heterocycles. The number of H-pyrrole nitrogens is 1. The van der Waals surface area contributed by atoms with Crippen LogP contribution in [0.25, 0.3) is 6.08 Å². The normalized spacial score (nSPS) is 17.8. The molecule has 1 aromatic rings. The molecule has 182 valence electrons. The van der Waals surface area contributed by atoms with Crippen LogP contribution in [0.3, 0.4) is 0 Å². The molecule has 5 nitrogen and oxygen atoms in total. The number of hydrogen-bond donors (Lipinski definition) is 1. The van der Waals surface area contributed by atoms with Crippen molar-refractivity contribution >= 4 is 17.8 Å². The van der Waals surface area contributed by atoms with Gasteiger partial charge in [-0.1, -0.05) is 48.6 Å². The highest BCUT2D eigenvalue weighted by molar-refractivity contribution is 6.10. The maximum Gasteiger partial charge on any atom is 0.271 e. The number of ketones is 1. The Kier molecular flexibility index (Phi) is 8.67. The van der Waals surface area contributed by atoms with Crippen molar-refractivity contribution in [2.75, 3.05) is 26.7 Å². The monoisotopic (exact) mass is 481 g/mol. The molecule has 2 aliphatic rings. The Hall–Kier alpha value is -4.07. The number of nitrogens with zero attached hydrogens (tertiary/aromatic N) is 2. The Morgan fingerprint density at radius 3 is 2.71 bits per heavy atom. The molecular weight excluding hydrogens is 455 g/mol. The van der Waals surface area contributed by atoms with Crippen molar-refractivity contribution in [2.24, 2.45) is 0 Å². The first-order chi connectivity index (χ1) is 16.8. The summed E-state index contributed by atoms with van der Waals surface area (Å²) in [5.74, 6) is -3.44. The first kappa shape index (κ1) is 25.6. The van der Waals surface area contributed by atoms with E-state index >= 15 is 0 Å². The van der Waals surface area contributed by atoms with Gasteiger partial charge in [0.2, 0.25) is 0 Å². The zero-order valence-corrected chi connectivity index (χ0v) is 19.3. The van der Waals surface area contributed by atoms with Gasteiger partial charge in [-0.05, 0) is 12.5 Å². The molecule has 0 radical (unpaired) electrons. The minimum Gasteiger partial charge on any atom is -0.371 e. The number of rotatable bonds is 8. The average molecular weight is 482 g/mol. The quantitative estimate of drug-likeness (QED) is 0.223. The average Bonchev–Trinajstić information content (AvgIpc) is 3.03. The number of carbonyl (C=O) groups is 2. The summed E-state index contributed by atoms with van der Waals surface area (Å²) >= 11 is 0. The lowest BCUT2D eigenvalue weighted by atomic mass is 10.1. The summed E-state index contributed by atoms with van der Waals surface area (Å²) in [5, 5.41) is 0. The molecule has 1 N–H and O–H groups in total. The van der Waals surface area contributed by atoms with Crippen LogP contribution in [0.4, 0.5) is 13.2 Å². The van der Waals surface area contributed by atoms with Crippen molar-refractivity contribution in [2.45, 2.75) is 6.42 Å². The summed E-state index contributed by atoms with van der Waals surface area (Å²) in [7, 11) is 2.00. The zero-order valence-electron chi connectivity index (χ0n) is 19.3. The third-order valence-corrected chi connectivity index (χ3v) is 5.41. The van der Waals surface area contributed by atoms with Crippen LogP contribution in [-0.4, -0.2) is 53.2 Å². The lowest BCUT2D eigenvalue weighted by Gasteiger charge is -2.21. The number of halogens is 3. The van der Waals surface area contributed by atoms with Gasteiger partial charge in [0.25, 0.3) is 5.91 Å². The highest BCUT2D eigenvalue weighted by atomic mass is 19.1. The molecule has 0 fully saturated rings. The van der Waals surface area contributed by atoms with Gasteiger partial charge in [-0.15, -0.1) is 0 Å². The van der Waals surface area contributed by atoms with E-state index in [2.05, 4.69) is 28.6 Å². The standard InChI is InChI=1S/C27H26F3N3O2/c1-19(9-10-22-7-4-3-5-13-32(22)2)18-33-14-6-8-23-24(17-31-26(23)27(33)35)25(34)16-21(30)15-20(29)11-12-28/h3-8,10-12,15-17,31H,1,9,13-14,18H2,2H3/b12-11+,20-15+,21-16-,22-10-. The molecule has 0 spiro atoms.